The van der Waals surface area contributed by atoms with Gasteiger partial charge >= 0.3 is 0 Å². The topological polar surface area (TPSA) is 125 Å². The second-order valence-corrected chi connectivity index (χ2v) is 9.39. The number of benzene rings is 2. The van der Waals surface area contributed by atoms with E-state index >= 15 is 0 Å². The van der Waals surface area contributed by atoms with E-state index in [1.807, 2.05) is 12.1 Å². The molecule has 0 heterocycles. The molecule has 2 aromatic carbocycles. The molecule has 148 valence electrons. The smallest absolute Gasteiger partial charge is 0.238 e. The van der Waals surface area contributed by atoms with Gasteiger partial charge in [0.05, 0.1) is 29.7 Å². The first kappa shape index (κ1) is 21.0. The molecule has 10 heteroatoms. The Labute approximate surface area is 159 Å². The van der Waals surface area contributed by atoms with Crippen LogP contribution in [0, 0.1) is 0 Å². The van der Waals surface area contributed by atoms with Crippen LogP contribution in [0.1, 0.15) is 5.56 Å². The minimum absolute atomic E-state index is 0.124. The van der Waals surface area contributed by atoms with E-state index in [0.29, 0.717) is 30.2 Å². The minimum Gasteiger partial charge on any atom is -0.493 e. The first-order valence-corrected chi connectivity index (χ1v) is 11.3. The molecule has 0 aliphatic carbocycles. The van der Waals surface area contributed by atoms with E-state index in [4.69, 9.17) is 14.6 Å². The van der Waals surface area contributed by atoms with E-state index in [2.05, 4.69) is 5.32 Å². The van der Waals surface area contributed by atoms with Crippen LogP contribution in [0.3, 0.4) is 0 Å². The van der Waals surface area contributed by atoms with Gasteiger partial charge in [-0.15, -0.1) is 0 Å². The highest BCUT2D eigenvalue weighted by molar-refractivity contribution is 7.91. The van der Waals surface area contributed by atoms with Crippen molar-refractivity contribution in [3.05, 3.63) is 42.0 Å². The zero-order chi connectivity index (χ0) is 20.2. The standard InChI is InChI=1S/C17H22N2O6S2/c1-24-15-7-4-12(10-16(15)25-2)8-9-19-14-6-5-13(27(18,22)23)11-17(14)26(3,20)21/h4-7,10-11,19H,8-9H2,1-3H3,(H2,18,22,23). The summed E-state index contributed by atoms with van der Waals surface area (Å²) in [6, 6.07) is 9.22. The van der Waals surface area contributed by atoms with Crippen LogP contribution in [0.5, 0.6) is 11.5 Å². The molecular weight excluding hydrogens is 392 g/mol. The highest BCUT2D eigenvalue weighted by atomic mass is 32.2. The third-order valence-corrected chi connectivity index (χ3v) is 5.91. The summed E-state index contributed by atoms with van der Waals surface area (Å²) in [6.45, 7) is 0.423. The lowest BCUT2D eigenvalue weighted by Crippen LogP contribution is -2.15. The van der Waals surface area contributed by atoms with Crippen molar-refractivity contribution in [2.45, 2.75) is 16.2 Å². The van der Waals surface area contributed by atoms with Crippen LogP contribution in [0.4, 0.5) is 5.69 Å². The summed E-state index contributed by atoms with van der Waals surface area (Å²) in [7, 11) is -4.55. The van der Waals surface area contributed by atoms with Crippen molar-refractivity contribution in [2.75, 3.05) is 32.3 Å². The summed E-state index contributed by atoms with van der Waals surface area (Å²) >= 11 is 0. The van der Waals surface area contributed by atoms with Crippen molar-refractivity contribution < 1.29 is 26.3 Å². The number of primary sulfonamides is 1. The summed E-state index contributed by atoms with van der Waals surface area (Å²) < 4.78 is 57.4. The van der Waals surface area contributed by atoms with Gasteiger partial charge in [0.25, 0.3) is 0 Å². The molecule has 3 N–H and O–H groups in total. The van der Waals surface area contributed by atoms with E-state index in [0.717, 1.165) is 17.9 Å². The van der Waals surface area contributed by atoms with Crippen LogP contribution >= 0.6 is 0 Å². The molecule has 0 amide bonds. The number of hydrogen-bond donors (Lipinski definition) is 2. The average molecular weight is 415 g/mol. The Morgan fingerprint density at radius 2 is 1.63 bits per heavy atom. The Kier molecular flexibility index (Phi) is 6.34. The SMILES string of the molecule is COc1ccc(CCNc2ccc(S(N)(=O)=O)cc2S(C)(=O)=O)cc1OC. The van der Waals surface area contributed by atoms with E-state index in [1.165, 1.54) is 12.1 Å². The van der Waals surface area contributed by atoms with Gasteiger partial charge in [-0.2, -0.15) is 0 Å². The number of sulfonamides is 1. The Balaban J connectivity index is 2.21. The molecule has 0 atom stereocenters. The van der Waals surface area contributed by atoms with Gasteiger partial charge in [0.1, 0.15) is 0 Å². The molecule has 2 aromatic rings. The summed E-state index contributed by atoms with van der Waals surface area (Å²) in [5.41, 5.74) is 1.27. The molecule has 0 aromatic heterocycles. The molecule has 0 aliphatic rings. The van der Waals surface area contributed by atoms with E-state index in [1.54, 1.807) is 20.3 Å². The zero-order valence-corrected chi connectivity index (χ0v) is 16.9. The Hall–Kier alpha value is -2.30. The molecule has 0 saturated heterocycles. The fourth-order valence-electron chi connectivity index (χ4n) is 2.51. The van der Waals surface area contributed by atoms with Gasteiger partial charge in [-0.05, 0) is 42.3 Å². The van der Waals surface area contributed by atoms with Crippen molar-refractivity contribution in [1.82, 2.24) is 0 Å². The Morgan fingerprint density at radius 1 is 0.963 bits per heavy atom. The number of sulfone groups is 1. The number of ether oxygens (including phenoxy) is 2. The minimum atomic E-state index is -4.00. The van der Waals surface area contributed by atoms with Crippen molar-refractivity contribution in [1.29, 1.82) is 0 Å². The normalized spacial score (nSPS) is 11.9. The lowest BCUT2D eigenvalue weighted by molar-refractivity contribution is 0.354. The molecular formula is C17H22N2O6S2. The third-order valence-electron chi connectivity index (χ3n) is 3.86. The molecule has 0 bridgehead atoms. The molecule has 2 rings (SSSR count). The highest BCUT2D eigenvalue weighted by Crippen LogP contribution is 2.28. The first-order chi connectivity index (χ1) is 12.6. The largest absolute Gasteiger partial charge is 0.493 e. The molecule has 0 saturated carbocycles. The van der Waals surface area contributed by atoms with Crippen LogP contribution in [0.25, 0.3) is 0 Å². The number of rotatable bonds is 8. The lowest BCUT2D eigenvalue weighted by atomic mass is 10.1. The van der Waals surface area contributed by atoms with Crippen LogP contribution in [-0.4, -0.2) is 43.9 Å². The Morgan fingerprint density at radius 3 is 2.19 bits per heavy atom. The third kappa shape index (κ3) is 5.34. The fourth-order valence-corrected chi connectivity index (χ4v) is 4.01. The van der Waals surface area contributed by atoms with E-state index in [-0.39, 0.29) is 9.79 Å². The number of nitrogens with one attached hydrogen (secondary N) is 1. The van der Waals surface area contributed by atoms with Gasteiger partial charge in [-0.1, -0.05) is 6.07 Å². The zero-order valence-electron chi connectivity index (χ0n) is 15.2. The van der Waals surface area contributed by atoms with Crippen molar-refractivity contribution in [3.8, 4) is 11.5 Å². The lowest BCUT2D eigenvalue weighted by Gasteiger charge is -2.13. The number of nitrogens with two attached hydrogens (primary N) is 1. The first-order valence-electron chi connectivity index (χ1n) is 7.88. The number of anilines is 1. The van der Waals surface area contributed by atoms with E-state index < -0.39 is 19.9 Å². The average Bonchev–Trinajstić information content (AvgIpc) is 2.60. The van der Waals surface area contributed by atoms with Crippen molar-refractivity contribution in [2.24, 2.45) is 5.14 Å². The second kappa shape index (κ2) is 8.15. The molecule has 0 radical (unpaired) electrons. The van der Waals surface area contributed by atoms with Gasteiger partial charge in [0.2, 0.25) is 10.0 Å². The van der Waals surface area contributed by atoms with Crippen molar-refractivity contribution in [3.63, 3.8) is 0 Å². The molecule has 0 spiro atoms. The monoisotopic (exact) mass is 414 g/mol. The summed E-state index contributed by atoms with van der Waals surface area (Å²) in [4.78, 5) is -0.380. The summed E-state index contributed by atoms with van der Waals surface area (Å²) in [5, 5.41) is 8.11. The maximum absolute atomic E-state index is 12.0. The van der Waals surface area contributed by atoms with Crippen LogP contribution in [-0.2, 0) is 26.3 Å². The van der Waals surface area contributed by atoms with Crippen LogP contribution in [0.15, 0.2) is 46.2 Å². The van der Waals surface area contributed by atoms with Gasteiger partial charge in [-0.25, -0.2) is 22.0 Å². The van der Waals surface area contributed by atoms with E-state index in [9.17, 15) is 16.8 Å². The molecule has 27 heavy (non-hydrogen) atoms. The Bertz CT molecular complexity index is 1030. The predicted octanol–water partition coefficient (Wildman–Crippen LogP) is 1.41. The van der Waals surface area contributed by atoms with Gasteiger partial charge < -0.3 is 14.8 Å². The highest BCUT2D eigenvalue weighted by Gasteiger charge is 2.18. The fraction of sp³-hybridized carbons (Fsp3) is 0.294. The predicted molar refractivity (Wildman–Crippen MR) is 103 cm³/mol. The maximum Gasteiger partial charge on any atom is 0.238 e. The second-order valence-electron chi connectivity index (χ2n) is 5.84. The maximum atomic E-state index is 12.0. The van der Waals surface area contributed by atoms with Crippen LogP contribution < -0.4 is 19.9 Å². The van der Waals surface area contributed by atoms with Gasteiger partial charge in [0, 0.05) is 12.8 Å². The van der Waals surface area contributed by atoms with Crippen molar-refractivity contribution >= 4 is 25.5 Å². The van der Waals surface area contributed by atoms with Crippen LogP contribution in [0.2, 0.25) is 0 Å². The molecule has 0 fully saturated rings. The molecule has 0 aliphatic heterocycles. The number of methoxy groups -OCH3 is 2. The summed E-state index contributed by atoms with van der Waals surface area (Å²) in [5.74, 6) is 1.22. The molecule has 8 nitrogen and oxygen atoms in total. The molecule has 0 unspecified atom stereocenters. The van der Waals surface area contributed by atoms with Gasteiger partial charge in [0.15, 0.2) is 21.3 Å². The number of hydrogen-bond acceptors (Lipinski definition) is 7. The van der Waals surface area contributed by atoms with Gasteiger partial charge in [-0.3, -0.25) is 0 Å². The summed E-state index contributed by atoms with van der Waals surface area (Å²) in [6.07, 6.45) is 1.59. The quantitative estimate of drug-likeness (QED) is 0.669.